The molecule has 1 aliphatic carbocycles. The van der Waals surface area contributed by atoms with E-state index in [1.54, 1.807) is 0 Å². The van der Waals surface area contributed by atoms with E-state index in [9.17, 15) is 0 Å². The Balaban J connectivity index is 2.07. The summed E-state index contributed by atoms with van der Waals surface area (Å²) < 4.78 is 5.29. The van der Waals surface area contributed by atoms with Crippen molar-refractivity contribution in [3.8, 4) is 0 Å². The fourth-order valence-corrected chi connectivity index (χ4v) is 2.50. The minimum absolute atomic E-state index is 0.141. The first-order chi connectivity index (χ1) is 8.08. The summed E-state index contributed by atoms with van der Waals surface area (Å²) in [4.78, 5) is 4.49. The van der Waals surface area contributed by atoms with Crippen molar-refractivity contribution >= 4 is 0 Å². The van der Waals surface area contributed by atoms with Gasteiger partial charge >= 0.3 is 0 Å². The molecule has 0 spiro atoms. The lowest BCUT2D eigenvalue weighted by Crippen LogP contribution is -2.17. The van der Waals surface area contributed by atoms with Crippen molar-refractivity contribution in [3.05, 3.63) is 11.7 Å². The first-order valence-corrected chi connectivity index (χ1v) is 6.67. The van der Waals surface area contributed by atoms with E-state index in [2.05, 4.69) is 30.9 Å². The van der Waals surface area contributed by atoms with Gasteiger partial charge in [-0.25, -0.2) is 0 Å². The van der Waals surface area contributed by atoms with Crippen molar-refractivity contribution in [3.63, 3.8) is 0 Å². The van der Waals surface area contributed by atoms with Gasteiger partial charge in [0, 0.05) is 5.92 Å². The van der Waals surface area contributed by atoms with Gasteiger partial charge in [-0.05, 0) is 24.7 Å². The quantitative estimate of drug-likeness (QED) is 0.877. The second-order valence-corrected chi connectivity index (χ2v) is 5.73. The Morgan fingerprint density at radius 1 is 1.35 bits per heavy atom. The molecule has 17 heavy (non-hydrogen) atoms. The molecule has 0 radical (unpaired) electrons. The summed E-state index contributed by atoms with van der Waals surface area (Å²) in [5.41, 5.74) is 6.01. The lowest BCUT2D eigenvalue weighted by Gasteiger charge is -2.23. The molecule has 0 saturated heterocycles. The maximum atomic E-state index is 6.01. The van der Waals surface area contributed by atoms with Crippen molar-refractivity contribution < 1.29 is 4.52 Å². The molecule has 0 amide bonds. The zero-order valence-corrected chi connectivity index (χ0v) is 11.0. The summed E-state index contributed by atoms with van der Waals surface area (Å²) in [6.07, 6.45) is 4.95. The Morgan fingerprint density at radius 2 is 2.12 bits per heavy atom. The van der Waals surface area contributed by atoms with E-state index >= 15 is 0 Å². The van der Waals surface area contributed by atoms with Crippen LogP contribution in [0.15, 0.2) is 4.52 Å². The smallest absolute Gasteiger partial charge is 0.243 e. The topological polar surface area (TPSA) is 64.9 Å². The van der Waals surface area contributed by atoms with Gasteiger partial charge in [0.05, 0.1) is 6.04 Å². The van der Waals surface area contributed by atoms with E-state index in [0.717, 1.165) is 11.7 Å². The van der Waals surface area contributed by atoms with Crippen molar-refractivity contribution in [2.45, 2.75) is 58.4 Å². The minimum Gasteiger partial charge on any atom is -0.338 e. The predicted octanol–water partition coefficient (Wildman–Crippen LogP) is 3.02. The van der Waals surface area contributed by atoms with Crippen molar-refractivity contribution in [1.82, 2.24) is 10.1 Å². The molecule has 1 aromatic rings. The fourth-order valence-electron chi connectivity index (χ4n) is 2.50. The highest BCUT2D eigenvalue weighted by atomic mass is 16.5. The van der Waals surface area contributed by atoms with E-state index in [1.165, 1.54) is 25.7 Å². The van der Waals surface area contributed by atoms with Crippen LogP contribution in [0.1, 0.15) is 70.1 Å². The fraction of sp³-hybridized carbons (Fsp3) is 0.846. The van der Waals surface area contributed by atoms with Gasteiger partial charge in [-0.3, -0.25) is 0 Å². The first-order valence-electron chi connectivity index (χ1n) is 6.67. The molecule has 3 atom stereocenters. The molecule has 1 fully saturated rings. The molecule has 96 valence electrons. The molecule has 4 heteroatoms. The van der Waals surface area contributed by atoms with E-state index in [1.807, 2.05) is 0 Å². The van der Waals surface area contributed by atoms with E-state index in [4.69, 9.17) is 10.3 Å². The molecule has 1 saturated carbocycles. The number of hydrogen-bond donors (Lipinski definition) is 1. The third-order valence-electron chi connectivity index (χ3n) is 3.76. The van der Waals surface area contributed by atoms with Gasteiger partial charge in [-0.2, -0.15) is 4.98 Å². The molecule has 0 aromatic carbocycles. The molecule has 1 aliphatic rings. The molecule has 0 aliphatic heterocycles. The highest BCUT2D eigenvalue weighted by Gasteiger charge is 2.26. The number of nitrogens with two attached hydrogens (primary N) is 1. The maximum absolute atomic E-state index is 6.01. The van der Waals surface area contributed by atoms with Crippen LogP contribution in [0.4, 0.5) is 0 Å². The van der Waals surface area contributed by atoms with Crippen molar-refractivity contribution in [1.29, 1.82) is 0 Å². The van der Waals surface area contributed by atoms with Gasteiger partial charge in [-0.15, -0.1) is 0 Å². The van der Waals surface area contributed by atoms with Crippen LogP contribution < -0.4 is 5.73 Å². The molecule has 4 nitrogen and oxygen atoms in total. The Hall–Kier alpha value is -0.900. The lowest BCUT2D eigenvalue weighted by atomic mass is 9.82. The van der Waals surface area contributed by atoms with Crippen LogP contribution in [0.3, 0.4) is 0 Å². The molecular formula is C13H23N3O. The van der Waals surface area contributed by atoms with Crippen LogP contribution in [-0.4, -0.2) is 10.1 Å². The van der Waals surface area contributed by atoms with Gasteiger partial charge in [0.2, 0.25) is 5.89 Å². The van der Waals surface area contributed by atoms with Crippen molar-refractivity contribution in [2.75, 3.05) is 0 Å². The summed E-state index contributed by atoms with van der Waals surface area (Å²) in [6, 6.07) is -0.141. The molecule has 2 unspecified atom stereocenters. The van der Waals surface area contributed by atoms with Crippen LogP contribution in [0, 0.1) is 11.8 Å². The molecule has 1 heterocycles. The Labute approximate surface area is 103 Å². The monoisotopic (exact) mass is 237 g/mol. The van der Waals surface area contributed by atoms with Crippen LogP contribution >= 0.6 is 0 Å². The number of hydrogen-bond acceptors (Lipinski definition) is 4. The van der Waals surface area contributed by atoms with Gasteiger partial charge in [-0.1, -0.05) is 38.8 Å². The average molecular weight is 237 g/mol. The minimum atomic E-state index is -0.141. The van der Waals surface area contributed by atoms with Crippen molar-refractivity contribution in [2.24, 2.45) is 17.6 Å². The zero-order chi connectivity index (χ0) is 12.4. The number of rotatable bonds is 3. The number of aromatic nitrogens is 2. The molecule has 2 rings (SSSR count). The third kappa shape index (κ3) is 2.86. The molecule has 0 bridgehead atoms. The first kappa shape index (κ1) is 12.6. The molecular weight excluding hydrogens is 214 g/mol. The largest absolute Gasteiger partial charge is 0.338 e. The predicted molar refractivity (Wildman–Crippen MR) is 66.4 cm³/mol. The summed E-state index contributed by atoms with van der Waals surface area (Å²) in [5.74, 6) is 3.02. The van der Waals surface area contributed by atoms with E-state index in [-0.39, 0.29) is 6.04 Å². The third-order valence-corrected chi connectivity index (χ3v) is 3.76. The van der Waals surface area contributed by atoms with E-state index in [0.29, 0.717) is 17.7 Å². The van der Waals surface area contributed by atoms with Gasteiger partial charge in [0.25, 0.3) is 0 Å². The van der Waals surface area contributed by atoms with Crippen LogP contribution in [0.25, 0.3) is 0 Å². The molecule has 1 aromatic heterocycles. The van der Waals surface area contributed by atoms with Crippen LogP contribution in [0.2, 0.25) is 0 Å². The summed E-state index contributed by atoms with van der Waals surface area (Å²) in [6.45, 7) is 6.43. The summed E-state index contributed by atoms with van der Waals surface area (Å²) in [7, 11) is 0. The number of nitrogens with zero attached hydrogens (tertiary/aromatic N) is 2. The van der Waals surface area contributed by atoms with Crippen LogP contribution in [0.5, 0.6) is 0 Å². The SMILES string of the molecule is CC1CCCC(c2noc([C@@H](N)C(C)C)n2)C1. The van der Waals surface area contributed by atoms with Gasteiger partial charge in [0.15, 0.2) is 5.82 Å². The standard InChI is InChI=1S/C13H23N3O/c1-8(2)11(14)13-15-12(16-17-13)10-6-4-5-9(3)7-10/h8-11H,4-7,14H2,1-3H3/t9?,10?,11-/m0/s1. The van der Waals surface area contributed by atoms with Gasteiger partial charge in [0.1, 0.15) is 0 Å². The zero-order valence-electron chi connectivity index (χ0n) is 11.0. The highest BCUT2D eigenvalue weighted by molar-refractivity contribution is 5.00. The Kier molecular flexibility index (Phi) is 3.82. The Bertz CT molecular complexity index is 361. The lowest BCUT2D eigenvalue weighted by molar-refractivity contribution is 0.306. The van der Waals surface area contributed by atoms with Crippen LogP contribution in [-0.2, 0) is 0 Å². The summed E-state index contributed by atoms with van der Waals surface area (Å²) in [5, 5.41) is 4.11. The highest BCUT2D eigenvalue weighted by Crippen LogP contribution is 2.34. The van der Waals surface area contributed by atoms with E-state index < -0.39 is 0 Å². The second kappa shape index (κ2) is 5.17. The normalized spacial score (nSPS) is 27.4. The second-order valence-electron chi connectivity index (χ2n) is 5.73. The summed E-state index contributed by atoms with van der Waals surface area (Å²) >= 11 is 0. The van der Waals surface area contributed by atoms with Gasteiger partial charge < -0.3 is 10.3 Å². The maximum Gasteiger partial charge on any atom is 0.243 e. The molecule has 2 N–H and O–H groups in total. The Morgan fingerprint density at radius 3 is 2.76 bits per heavy atom. The average Bonchev–Trinajstić information content (AvgIpc) is 2.77.